The normalized spacial score (nSPS) is 15.2. The van der Waals surface area contributed by atoms with Crippen LogP contribution in [0.25, 0.3) is 17.2 Å². The van der Waals surface area contributed by atoms with E-state index in [9.17, 15) is 8.42 Å². The molecule has 15 nitrogen and oxygen atoms in total. The summed E-state index contributed by atoms with van der Waals surface area (Å²) in [5.41, 5.74) is 0.548. The topological polar surface area (TPSA) is 172 Å². The van der Waals surface area contributed by atoms with Gasteiger partial charge in [0.05, 0.1) is 38.2 Å². The standard InChI is InChI=1S/C23H25ClN10O5S/c1-37-17-7-3-6-16(29-17)19-30-31-23(32-40(35)36)34(19)18-20(38-2)27-13-28-21(18)39-12-14-5-4-8-33(11-14)22-25-9-15(24)10-26-22/h3,6-7,9-10,13-14,40H,4-5,8,11-12H2,1-2H3,(H,31,32,35,36). The largest absolute Gasteiger partial charge is 0.481 e. The van der Waals surface area contributed by atoms with Crippen LogP contribution in [0.5, 0.6) is 17.6 Å². The van der Waals surface area contributed by atoms with Crippen molar-refractivity contribution in [1.29, 1.82) is 0 Å². The zero-order chi connectivity index (χ0) is 28.1. The Morgan fingerprint density at radius 2 is 1.88 bits per heavy atom. The number of piperidine rings is 1. The van der Waals surface area contributed by atoms with E-state index in [2.05, 4.69) is 44.7 Å². The molecular formula is C23H25ClN10O5S. The number of methoxy groups -OCH3 is 2. The molecule has 0 radical (unpaired) electrons. The molecule has 1 N–H and O–H groups in total. The Balaban J connectivity index is 1.48. The Bertz CT molecular complexity index is 1540. The molecule has 0 amide bonds. The second-order valence-corrected chi connectivity index (χ2v) is 9.79. The number of nitrogens with zero attached hydrogens (tertiary/aromatic N) is 9. The van der Waals surface area contributed by atoms with Crippen molar-refractivity contribution in [2.24, 2.45) is 5.92 Å². The van der Waals surface area contributed by atoms with Gasteiger partial charge in [-0.15, -0.1) is 10.2 Å². The van der Waals surface area contributed by atoms with Crippen molar-refractivity contribution in [3.63, 3.8) is 0 Å². The maximum atomic E-state index is 11.6. The Hall–Kier alpha value is -4.31. The van der Waals surface area contributed by atoms with E-state index in [0.717, 1.165) is 19.4 Å². The fourth-order valence-corrected chi connectivity index (χ4v) is 4.72. The van der Waals surface area contributed by atoms with E-state index in [1.165, 1.54) is 25.1 Å². The highest BCUT2D eigenvalue weighted by atomic mass is 35.5. The van der Waals surface area contributed by atoms with Crippen molar-refractivity contribution < 1.29 is 22.6 Å². The number of thiol groups is 1. The Morgan fingerprint density at radius 3 is 2.62 bits per heavy atom. The highest BCUT2D eigenvalue weighted by Gasteiger charge is 2.28. The predicted molar refractivity (Wildman–Crippen MR) is 145 cm³/mol. The van der Waals surface area contributed by atoms with Crippen LogP contribution < -0.4 is 23.8 Å². The summed E-state index contributed by atoms with van der Waals surface area (Å²) in [5, 5.41) is 8.67. The van der Waals surface area contributed by atoms with Gasteiger partial charge in [0.1, 0.15) is 12.0 Å². The quantitative estimate of drug-likeness (QED) is 0.257. The molecule has 4 aromatic heterocycles. The molecule has 0 spiro atoms. The van der Waals surface area contributed by atoms with Crippen molar-refractivity contribution in [2.45, 2.75) is 12.8 Å². The van der Waals surface area contributed by atoms with Crippen molar-refractivity contribution in [3.05, 3.63) is 41.9 Å². The second-order valence-electron chi connectivity index (χ2n) is 8.62. The van der Waals surface area contributed by atoms with E-state index in [1.54, 1.807) is 30.6 Å². The van der Waals surface area contributed by atoms with Crippen LogP contribution in [-0.4, -0.2) is 82.0 Å². The molecule has 0 aromatic carbocycles. The average molecular weight is 589 g/mol. The van der Waals surface area contributed by atoms with Gasteiger partial charge in [-0.05, 0) is 18.9 Å². The van der Waals surface area contributed by atoms with E-state index in [1.807, 2.05) is 0 Å². The lowest BCUT2D eigenvalue weighted by molar-refractivity contribution is 0.219. The Labute approximate surface area is 235 Å². The van der Waals surface area contributed by atoms with Crippen LogP contribution in [0.2, 0.25) is 5.02 Å². The van der Waals surface area contributed by atoms with Crippen molar-refractivity contribution in [3.8, 4) is 34.8 Å². The van der Waals surface area contributed by atoms with Gasteiger partial charge < -0.3 is 19.1 Å². The molecule has 1 saturated heterocycles. The highest BCUT2D eigenvalue weighted by Crippen LogP contribution is 2.35. The van der Waals surface area contributed by atoms with E-state index >= 15 is 0 Å². The molecule has 17 heteroatoms. The number of aromatic nitrogens is 8. The zero-order valence-electron chi connectivity index (χ0n) is 21.5. The van der Waals surface area contributed by atoms with Gasteiger partial charge in [0, 0.05) is 25.1 Å². The maximum Gasteiger partial charge on any atom is 0.245 e. The molecule has 0 bridgehead atoms. The number of anilines is 2. The minimum atomic E-state index is -3.09. The van der Waals surface area contributed by atoms with Crippen LogP contribution in [0.3, 0.4) is 0 Å². The van der Waals surface area contributed by atoms with Crippen LogP contribution in [-0.2, 0) is 10.9 Å². The first-order chi connectivity index (χ1) is 19.5. The molecule has 1 aliphatic rings. The summed E-state index contributed by atoms with van der Waals surface area (Å²) in [4.78, 5) is 23.7. The molecule has 40 heavy (non-hydrogen) atoms. The molecule has 0 saturated carbocycles. The van der Waals surface area contributed by atoms with Gasteiger partial charge in [0.15, 0.2) is 11.5 Å². The summed E-state index contributed by atoms with van der Waals surface area (Å²) in [6, 6.07) is 5.06. The number of hydrogen-bond donors (Lipinski definition) is 2. The number of nitrogens with one attached hydrogen (secondary N) is 1. The SMILES string of the molecule is COc1cccc(-c2nnc(N[SH](=O)=O)n2-c2c(OC)ncnc2OCC2CCCN(c3ncc(Cl)cn3)C2)n1. The first-order valence-electron chi connectivity index (χ1n) is 12.1. The molecule has 5 rings (SSSR count). The molecule has 1 aliphatic heterocycles. The van der Waals surface area contributed by atoms with Gasteiger partial charge in [-0.3, -0.25) is 4.72 Å². The van der Waals surface area contributed by atoms with E-state index in [-0.39, 0.29) is 35.1 Å². The minimum Gasteiger partial charge on any atom is -0.481 e. The smallest absolute Gasteiger partial charge is 0.245 e. The molecule has 210 valence electrons. The van der Waals surface area contributed by atoms with Gasteiger partial charge in [-0.2, -0.15) is 9.97 Å². The third-order valence-electron chi connectivity index (χ3n) is 6.05. The number of pyridine rings is 1. The maximum absolute atomic E-state index is 11.6. The second kappa shape index (κ2) is 12.3. The van der Waals surface area contributed by atoms with Gasteiger partial charge in [-0.1, -0.05) is 17.7 Å². The fraction of sp³-hybridized carbons (Fsp3) is 0.348. The lowest BCUT2D eigenvalue weighted by Gasteiger charge is -2.32. The summed E-state index contributed by atoms with van der Waals surface area (Å²) in [6.07, 6.45) is 6.26. The monoisotopic (exact) mass is 588 g/mol. The minimum absolute atomic E-state index is 0.109. The lowest BCUT2D eigenvalue weighted by atomic mass is 9.99. The van der Waals surface area contributed by atoms with Gasteiger partial charge in [-0.25, -0.2) is 27.9 Å². The highest BCUT2D eigenvalue weighted by molar-refractivity contribution is 7.73. The number of halogens is 1. The van der Waals surface area contributed by atoms with Crippen molar-refractivity contribution in [2.75, 3.05) is 43.5 Å². The summed E-state index contributed by atoms with van der Waals surface area (Å²) < 4.78 is 43.9. The Kier molecular flexibility index (Phi) is 8.35. The van der Waals surface area contributed by atoms with E-state index in [0.29, 0.717) is 35.7 Å². The summed E-state index contributed by atoms with van der Waals surface area (Å²) in [6.45, 7) is 1.77. The first kappa shape index (κ1) is 27.3. The third kappa shape index (κ3) is 5.96. The van der Waals surface area contributed by atoms with Gasteiger partial charge in [0.25, 0.3) is 0 Å². The number of hydrogen-bond acceptors (Lipinski definition) is 13. The molecule has 0 aliphatic carbocycles. The molecule has 5 heterocycles. The molecule has 1 fully saturated rings. The van der Waals surface area contributed by atoms with Crippen LogP contribution in [0.1, 0.15) is 12.8 Å². The molecule has 1 atom stereocenters. The van der Waals surface area contributed by atoms with E-state index in [4.69, 9.17) is 25.8 Å². The number of ether oxygens (including phenoxy) is 3. The van der Waals surface area contributed by atoms with Gasteiger partial charge in [0.2, 0.25) is 40.4 Å². The van der Waals surface area contributed by atoms with Crippen LogP contribution >= 0.6 is 11.6 Å². The molecular weight excluding hydrogens is 564 g/mol. The summed E-state index contributed by atoms with van der Waals surface area (Å²) in [7, 11) is -0.176. The Morgan fingerprint density at radius 1 is 1.07 bits per heavy atom. The van der Waals surface area contributed by atoms with Crippen LogP contribution in [0.4, 0.5) is 11.9 Å². The third-order valence-corrected chi connectivity index (χ3v) is 6.63. The molecule has 1 unspecified atom stereocenters. The first-order valence-corrected chi connectivity index (χ1v) is 13.6. The van der Waals surface area contributed by atoms with Crippen molar-refractivity contribution in [1.82, 2.24) is 39.7 Å². The average Bonchev–Trinajstić information content (AvgIpc) is 3.38. The lowest BCUT2D eigenvalue weighted by Crippen LogP contribution is -2.38. The molecule has 4 aromatic rings. The predicted octanol–water partition coefficient (Wildman–Crippen LogP) is 1.81. The summed E-state index contributed by atoms with van der Waals surface area (Å²) >= 11 is 5.94. The summed E-state index contributed by atoms with van der Waals surface area (Å²) in [5.74, 6) is 1.35. The van der Waals surface area contributed by atoms with Crippen LogP contribution in [0.15, 0.2) is 36.9 Å². The van der Waals surface area contributed by atoms with E-state index < -0.39 is 10.9 Å². The van der Waals surface area contributed by atoms with Crippen LogP contribution in [0, 0.1) is 5.92 Å². The van der Waals surface area contributed by atoms with Crippen molar-refractivity contribution >= 4 is 34.4 Å². The van der Waals surface area contributed by atoms with Gasteiger partial charge >= 0.3 is 0 Å². The number of rotatable bonds is 10. The zero-order valence-corrected chi connectivity index (χ0v) is 23.1. The fourth-order valence-electron chi connectivity index (χ4n) is 4.31.